The third-order valence-corrected chi connectivity index (χ3v) is 6.32. The van der Waals surface area contributed by atoms with E-state index in [0.29, 0.717) is 12.4 Å². The maximum atomic E-state index is 12.1. The summed E-state index contributed by atoms with van der Waals surface area (Å²) in [6.07, 6.45) is 0.849. The van der Waals surface area contributed by atoms with Crippen LogP contribution in [0.3, 0.4) is 0 Å². The van der Waals surface area contributed by atoms with Gasteiger partial charge < -0.3 is 16.0 Å². The van der Waals surface area contributed by atoms with Crippen molar-refractivity contribution in [2.75, 3.05) is 36.4 Å². The summed E-state index contributed by atoms with van der Waals surface area (Å²) in [5, 5.41) is 4.23. The van der Waals surface area contributed by atoms with Gasteiger partial charge in [-0.05, 0) is 30.2 Å². The van der Waals surface area contributed by atoms with Crippen molar-refractivity contribution >= 4 is 28.3 Å². The maximum absolute atomic E-state index is 12.1. The van der Waals surface area contributed by atoms with Crippen LogP contribution in [0.2, 0.25) is 0 Å². The molecular weight excluding hydrogens is 400 g/mol. The van der Waals surface area contributed by atoms with Gasteiger partial charge in [0, 0.05) is 37.3 Å². The molecule has 0 saturated carbocycles. The fourth-order valence-electron chi connectivity index (χ4n) is 4.19. The van der Waals surface area contributed by atoms with Crippen LogP contribution < -0.4 is 16.0 Å². The number of anilines is 2. The van der Waals surface area contributed by atoms with Gasteiger partial charge in [0.25, 0.3) is 0 Å². The number of piperazine rings is 1. The number of nitrogens with two attached hydrogens (primary N) is 1. The van der Waals surface area contributed by atoms with Gasteiger partial charge in [0.15, 0.2) is 0 Å². The number of para-hydroxylation sites is 2. The van der Waals surface area contributed by atoms with Gasteiger partial charge in [-0.25, -0.2) is 9.97 Å². The molecule has 7 heteroatoms. The molecule has 0 spiro atoms. The molecule has 4 rings (SSSR count). The Morgan fingerprint density at radius 3 is 2.41 bits per heavy atom. The standard InChI is InChI=1S/C25H32N6O/c1-3-18(2)23(24(26)32)29-25-20-11-7-8-12-21(20)27-22(28-25)17-30-13-15-31(16-14-30)19-9-5-4-6-10-19/h4-12,18,23H,3,13-17H2,1-2H3,(H2,26,32)(H,27,28,29)/t18?,23-/m0/s1. The highest BCUT2D eigenvalue weighted by atomic mass is 16.1. The van der Waals surface area contributed by atoms with Gasteiger partial charge in [0.1, 0.15) is 17.7 Å². The van der Waals surface area contributed by atoms with Crippen LogP contribution in [0.1, 0.15) is 26.1 Å². The number of primary amides is 1. The van der Waals surface area contributed by atoms with Crippen molar-refractivity contribution in [2.45, 2.75) is 32.9 Å². The Hall–Kier alpha value is -3.19. The van der Waals surface area contributed by atoms with Crippen molar-refractivity contribution in [3.8, 4) is 0 Å². The van der Waals surface area contributed by atoms with Crippen molar-refractivity contribution in [1.29, 1.82) is 0 Å². The summed E-state index contributed by atoms with van der Waals surface area (Å²) >= 11 is 0. The van der Waals surface area contributed by atoms with Gasteiger partial charge >= 0.3 is 0 Å². The van der Waals surface area contributed by atoms with Crippen LogP contribution in [0.15, 0.2) is 54.6 Å². The number of carbonyl (C=O) groups excluding carboxylic acids is 1. The van der Waals surface area contributed by atoms with Crippen molar-refractivity contribution in [2.24, 2.45) is 11.7 Å². The average Bonchev–Trinajstić information content (AvgIpc) is 2.82. The number of amides is 1. The fourth-order valence-corrected chi connectivity index (χ4v) is 4.19. The normalized spacial score (nSPS) is 16.6. The van der Waals surface area contributed by atoms with E-state index in [1.807, 2.05) is 37.3 Å². The second-order valence-electron chi connectivity index (χ2n) is 8.51. The van der Waals surface area contributed by atoms with E-state index in [2.05, 4.69) is 46.3 Å². The number of aromatic nitrogens is 2. The predicted molar refractivity (Wildman–Crippen MR) is 130 cm³/mol. The smallest absolute Gasteiger partial charge is 0.240 e. The third kappa shape index (κ3) is 4.99. The molecule has 1 unspecified atom stereocenters. The van der Waals surface area contributed by atoms with Crippen molar-refractivity contribution < 1.29 is 4.79 Å². The molecule has 2 heterocycles. The molecule has 0 bridgehead atoms. The first-order valence-corrected chi connectivity index (χ1v) is 11.4. The number of benzene rings is 2. The Bertz CT molecular complexity index is 1050. The number of rotatable bonds is 8. The first-order valence-electron chi connectivity index (χ1n) is 11.4. The zero-order valence-corrected chi connectivity index (χ0v) is 18.9. The minimum atomic E-state index is -0.472. The summed E-state index contributed by atoms with van der Waals surface area (Å²) < 4.78 is 0. The molecule has 1 fully saturated rings. The quantitative estimate of drug-likeness (QED) is 0.568. The second kappa shape index (κ2) is 9.96. The number of hydrogen-bond donors (Lipinski definition) is 2. The van der Waals surface area contributed by atoms with E-state index in [1.165, 1.54) is 5.69 Å². The molecule has 32 heavy (non-hydrogen) atoms. The van der Waals surface area contributed by atoms with E-state index in [4.69, 9.17) is 15.7 Å². The SMILES string of the molecule is CCC(C)[C@H](Nc1nc(CN2CCN(c3ccccc3)CC2)nc2ccccc12)C(N)=O. The van der Waals surface area contributed by atoms with Crippen LogP contribution in [0, 0.1) is 5.92 Å². The zero-order valence-electron chi connectivity index (χ0n) is 18.9. The molecule has 2 aromatic carbocycles. The fraction of sp³-hybridized carbons (Fsp3) is 0.400. The van der Waals surface area contributed by atoms with Crippen LogP contribution >= 0.6 is 0 Å². The van der Waals surface area contributed by atoms with Crippen molar-refractivity contribution in [1.82, 2.24) is 14.9 Å². The molecule has 168 valence electrons. The summed E-state index contributed by atoms with van der Waals surface area (Å²) in [7, 11) is 0. The van der Waals surface area contributed by atoms with Crippen molar-refractivity contribution in [3.63, 3.8) is 0 Å². The van der Waals surface area contributed by atoms with Gasteiger partial charge in [-0.3, -0.25) is 9.69 Å². The van der Waals surface area contributed by atoms with Gasteiger partial charge in [-0.1, -0.05) is 50.6 Å². The largest absolute Gasteiger partial charge is 0.369 e. The summed E-state index contributed by atoms with van der Waals surface area (Å²) in [5.41, 5.74) is 7.83. The Balaban J connectivity index is 1.52. The molecule has 7 nitrogen and oxygen atoms in total. The Morgan fingerprint density at radius 1 is 1.03 bits per heavy atom. The third-order valence-electron chi connectivity index (χ3n) is 6.32. The highest BCUT2D eigenvalue weighted by Crippen LogP contribution is 2.24. The second-order valence-corrected chi connectivity index (χ2v) is 8.51. The zero-order chi connectivity index (χ0) is 22.5. The molecule has 3 N–H and O–H groups in total. The van der Waals surface area contributed by atoms with Gasteiger partial charge in [-0.15, -0.1) is 0 Å². The van der Waals surface area contributed by atoms with E-state index < -0.39 is 6.04 Å². The number of nitrogens with zero attached hydrogens (tertiary/aromatic N) is 4. The van der Waals surface area contributed by atoms with Gasteiger partial charge in [0.2, 0.25) is 5.91 Å². The first kappa shape index (κ1) is 22.0. The van der Waals surface area contributed by atoms with E-state index in [9.17, 15) is 4.79 Å². The maximum Gasteiger partial charge on any atom is 0.240 e. The molecule has 0 aliphatic carbocycles. The first-order chi connectivity index (χ1) is 15.5. The molecule has 1 aliphatic rings. The van der Waals surface area contributed by atoms with E-state index >= 15 is 0 Å². The number of fused-ring (bicyclic) bond motifs is 1. The van der Waals surface area contributed by atoms with Crippen LogP contribution in [0.4, 0.5) is 11.5 Å². The molecule has 0 radical (unpaired) electrons. The average molecular weight is 433 g/mol. The number of hydrogen-bond acceptors (Lipinski definition) is 6. The lowest BCUT2D eigenvalue weighted by Gasteiger charge is -2.35. The highest BCUT2D eigenvalue weighted by Gasteiger charge is 2.24. The Kier molecular flexibility index (Phi) is 6.85. The summed E-state index contributed by atoms with van der Waals surface area (Å²) in [6, 6.07) is 18.0. The van der Waals surface area contributed by atoms with E-state index in [0.717, 1.165) is 49.3 Å². The van der Waals surface area contributed by atoms with Gasteiger partial charge in [-0.2, -0.15) is 0 Å². The van der Waals surface area contributed by atoms with E-state index in [1.54, 1.807) is 0 Å². The van der Waals surface area contributed by atoms with Crippen LogP contribution in [-0.4, -0.2) is 53.0 Å². The Labute approximate surface area is 189 Å². The van der Waals surface area contributed by atoms with Gasteiger partial charge in [0.05, 0.1) is 12.1 Å². The lowest BCUT2D eigenvalue weighted by Crippen LogP contribution is -2.46. The molecule has 2 atom stereocenters. The molecule has 1 aliphatic heterocycles. The van der Waals surface area contributed by atoms with Crippen LogP contribution in [0.5, 0.6) is 0 Å². The molecular formula is C25H32N6O. The number of carbonyl (C=O) groups is 1. The monoisotopic (exact) mass is 432 g/mol. The molecule has 3 aromatic rings. The Morgan fingerprint density at radius 2 is 1.72 bits per heavy atom. The topological polar surface area (TPSA) is 87.4 Å². The summed E-state index contributed by atoms with van der Waals surface area (Å²) in [6.45, 7) is 8.60. The summed E-state index contributed by atoms with van der Waals surface area (Å²) in [5.74, 6) is 1.18. The minimum Gasteiger partial charge on any atom is -0.369 e. The van der Waals surface area contributed by atoms with Crippen molar-refractivity contribution in [3.05, 3.63) is 60.4 Å². The predicted octanol–water partition coefficient (Wildman–Crippen LogP) is 3.26. The molecule has 1 amide bonds. The van der Waals surface area contributed by atoms with Crippen LogP contribution in [-0.2, 0) is 11.3 Å². The molecule has 1 saturated heterocycles. The highest BCUT2D eigenvalue weighted by molar-refractivity contribution is 5.92. The lowest BCUT2D eigenvalue weighted by atomic mass is 9.98. The minimum absolute atomic E-state index is 0.107. The van der Waals surface area contributed by atoms with Crippen LogP contribution in [0.25, 0.3) is 10.9 Å². The lowest BCUT2D eigenvalue weighted by molar-refractivity contribution is -0.119. The summed E-state index contributed by atoms with van der Waals surface area (Å²) in [4.78, 5) is 26.5. The van der Waals surface area contributed by atoms with E-state index in [-0.39, 0.29) is 11.8 Å². The number of nitrogens with one attached hydrogen (secondary N) is 1. The molecule has 1 aromatic heterocycles.